The summed E-state index contributed by atoms with van der Waals surface area (Å²) >= 11 is 0. The Morgan fingerprint density at radius 2 is 1.59 bits per heavy atom. The lowest BCUT2D eigenvalue weighted by Crippen LogP contribution is -2.41. The van der Waals surface area contributed by atoms with E-state index in [1.165, 1.54) is 17.7 Å². The average Bonchev–Trinajstić information content (AvgIpc) is 2.86. The minimum Gasteiger partial charge on any atom is -0.356 e. The number of carbonyl (C=O) groups is 1. The zero-order valence-electron chi connectivity index (χ0n) is 15.6. The molecule has 4 nitrogen and oxygen atoms in total. The van der Waals surface area contributed by atoms with Gasteiger partial charge in [-0.3, -0.25) is 9.69 Å². The molecule has 3 aliphatic heterocycles. The number of fused-ring (bicyclic) bond motifs is 2. The maximum atomic E-state index is 12.4. The molecule has 2 bridgehead atoms. The molecule has 2 unspecified atom stereocenters. The zero-order chi connectivity index (χ0) is 17.9. The number of nitrogens with one attached hydrogen (secondary N) is 2. The second-order valence-corrected chi connectivity index (χ2v) is 8.15. The molecule has 2 atom stereocenters. The first-order chi connectivity index (χ1) is 11.9. The molecule has 3 saturated heterocycles. The fraction of sp³-hybridized carbons (Fsp3) is 0.944. The number of amides is 1. The van der Waals surface area contributed by atoms with Crippen LogP contribution < -0.4 is 10.6 Å². The predicted molar refractivity (Wildman–Crippen MR) is 105 cm³/mol. The topological polar surface area (TPSA) is 44.4 Å². The molecule has 0 aliphatic carbocycles. The molecule has 27 heavy (non-hydrogen) atoms. The molecule has 0 radical (unpaired) electrons. The van der Waals surface area contributed by atoms with Crippen LogP contribution in [0, 0.1) is 11.8 Å². The fourth-order valence-electron chi connectivity index (χ4n) is 4.78. The van der Waals surface area contributed by atoms with Crippen molar-refractivity contribution < 1.29 is 18.0 Å². The minimum absolute atomic E-state index is 0. The van der Waals surface area contributed by atoms with Crippen LogP contribution in [0.3, 0.4) is 0 Å². The number of halogens is 5. The maximum absolute atomic E-state index is 12.4. The van der Waals surface area contributed by atoms with Crippen LogP contribution in [0.1, 0.15) is 51.4 Å². The zero-order valence-corrected chi connectivity index (χ0v) is 17.2. The summed E-state index contributed by atoms with van der Waals surface area (Å²) < 4.78 is 37.1. The van der Waals surface area contributed by atoms with Crippen molar-refractivity contribution in [2.75, 3.05) is 26.2 Å². The third-order valence-corrected chi connectivity index (χ3v) is 6.03. The number of nitrogens with zero attached hydrogens (tertiary/aromatic N) is 1. The Morgan fingerprint density at radius 3 is 2.15 bits per heavy atom. The van der Waals surface area contributed by atoms with Crippen LogP contribution in [0.2, 0.25) is 0 Å². The van der Waals surface area contributed by atoms with E-state index >= 15 is 0 Å². The van der Waals surface area contributed by atoms with Crippen molar-refractivity contribution in [1.82, 2.24) is 15.5 Å². The van der Waals surface area contributed by atoms with Gasteiger partial charge in [0.25, 0.3) is 0 Å². The van der Waals surface area contributed by atoms with E-state index in [9.17, 15) is 18.0 Å². The summed E-state index contributed by atoms with van der Waals surface area (Å²) in [6.45, 7) is 0.876. The molecule has 3 rings (SSSR count). The first kappa shape index (κ1) is 24.8. The fourth-order valence-corrected chi connectivity index (χ4v) is 4.78. The minimum atomic E-state index is -4.10. The van der Waals surface area contributed by atoms with Gasteiger partial charge in [0.2, 0.25) is 5.91 Å². The van der Waals surface area contributed by atoms with E-state index in [1.807, 2.05) is 0 Å². The highest BCUT2D eigenvalue weighted by molar-refractivity contribution is 5.85. The van der Waals surface area contributed by atoms with Crippen LogP contribution >= 0.6 is 24.8 Å². The first-order valence-corrected chi connectivity index (χ1v) is 9.69. The SMILES string of the molecule is Cl.Cl.O=C(CC1CC2CCC(C1)N2)NCCC1CCN(CC(F)(F)F)CC1. The molecular weight excluding hydrogens is 402 g/mol. The van der Waals surface area contributed by atoms with Gasteiger partial charge >= 0.3 is 6.18 Å². The van der Waals surface area contributed by atoms with Gasteiger partial charge in [-0.05, 0) is 69.9 Å². The van der Waals surface area contributed by atoms with Crippen molar-refractivity contribution >= 4 is 30.7 Å². The standard InChI is InChI=1S/C18H30F3N3O.2ClH/c19-18(20,21)12-24-7-4-13(5-8-24)3-6-22-17(25)11-14-9-15-1-2-16(10-14)23-15;;/h13-16,23H,1-12H2,(H,22,25);2*1H. The highest BCUT2D eigenvalue weighted by Gasteiger charge is 2.34. The van der Waals surface area contributed by atoms with Crippen LogP contribution in [-0.2, 0) is 4.79 Å². The van der Waals surface area contributed by atoms with Crippen LogP contribution in [0.4, 0.5) is 13.2 Å². The largest absolute Gasteiger partial charge is 0.401 e. The summed E-state index contributed by atoms with van der Waals surface area (Å²) in [4.78, 5) is 13.6. The number of hydrogen-bond acceptors (Lipinski definition) is 3. The molecule has 3 heterocycles. The summed E-state index contributed by atoms with van der Waals surface area (Å²) in [5, 5.41) is 6.62. The monoisotopic (exact) mass is 433 g/mol. The molecule has 3 aliphatic rings. The van der Waals surface area contributed by atoms with E-state index in [2.05, 4.69) is 10.6 Å². The molecule has 9 heteroatoms. The molecule has 2 N–H and O–H groups in total. The van der Waals surface area contributed by atoms with Crippen LogP contribution in [0.5, 0.6) is 0 Å². The van der Waals surface area contributed by atoms with Crippen molar-refractivity contribution in [2.24, 2.45) is 11.8 Å². The van der Waals surface area contributed by atoms with Gasteiger partial charge < -0.3 is 10.6 Å². The third kappa shape index (κ3) is 8.34. The summed E-state index contributed by atoms with van der Waals surface area (Å²) in [5.41, 5.74) is 0. The lowest BCUT2D eigenvalue weighted by Gasteiger charge is -2.32. The molecule has 0 aromatic heterocycles. The number of carbonyl (C=O) groups excluding carboxylic acids is 1. The quantitative estimate of drug-likeness (QED) is 0.673. The Bertz CT molecular complexity index is 448. The van der Waals surface area contributed by atoms with Gasteiger partial charge in [-0.1, -0.05) is 0 Å². The molecule has 0 aromatic rings. The molecule has 1 amide bonds. The summed E-state index contributed by atoms with van der Waals surface area (Å²) in [6.07, 6.45) is 3.71. The third-order valence-electron chi connectivity index (χ3n) is 6.03. The van der Waals surface area contributed by atoms with Gasteiger partial charge in [0.1, 0.15) is 0 Å². The van der Waals surface area contributed by atoms with Gasteiger partial charge in [0, 0.05) is 25.0 Å². The van der Waals surface area contributed by atoms with Crippen LogP contribution in [0.25, 0.3) is 0 Å². The Hall–Kier alpha value is -0.240. The van der Waals surface area contributed by atoms with Crippen molar-refractivity contribution in [3.63, 3.8) is 0 Å². The Balaban J connectivity index is 0.00000182. The Kier molecular flexibility index (Phi) is 10.2. The number of piperidine rings is 2. The number of likely N-dealkylation sites (tertiary alicyclic amines) is 1. The second-order valence-electron chi connectivity index (χ2n) is 8.15. The summed E-state index contributed by atoms with van der Waals surface area (Å²) in [5.74, 6) is 1.07. The maximum Gasteiger partial charge on any atom is 0.401 e. The molecule has 3 fully saturated rings. The van der Waals surface area contributed by atoms with Crippen molar-refractivity contribution in [1.29, 1.82) is 0 Å². The smallest absolute Gasteiger partial charge is 0.356 e. The van der Waals surface area contributed by atoms with Crippen molar-refractivity contribution in [3.05, 3.63) is 0 Å². The summed E-state index contributed by atoms with van der Waals surface area (Å²) in [7, 11) is 0. The second kappa shape index (κ2) is 11.1. The van der Waals surface area contributed by atoms with E-state index in [0.717, 1.165) is 32.1 Å². The highest BCUT2D eigenvalue weighted by Crippen LogP contribution is 2.32. The number of hydrogen-bond donors (Lipinski definition) is 2. The normalized spacial score (nSPS) is 28.9. The van der Waals surface area contributed by atoms with E-state index < -0.39 is 12.7 Å². The summed E-state index contributed by atoms with van der Waals surface area (Å²) in [6, 6.07) is 1.22. The highest BCUT2D eigenvalue weighted by atomic mass is 35.5. The van der Waals surface area contributed by atoms with E-state index in [-0.39, 0.29) is 30.7 Å². The van der Waals surface area contributed by atoms with Gasteiger partial charge in [-0.15, -0.1) is 24.8 Å². The molecule has 0 aromatic carbocycles. The van der Waals surface area contributed by atoms with Crippen LogP contribution in [-0.4, -0.2) is 55.2 Å². The van der Waals surface area contributed by atoms with Gasteiger partial charge in [0.15, 0.2) is 0 Å². The Labute approximate surface area is 172 Å². The predicted octanol–water partition coefficient (Wildman–Crippen LogP) is 3.53. The van der Waals surface area contributed by atoms with E-state index in [0.29, 0.717) is 50.0 Å². The molecule has 0 spiro atoms. The van der Waals surface area contributed by atoms with E-state index in [1.54, 1.807) is 0 Å². The number of rotatable bonds is 6. The van der Waals surface area contributed by atoms with Crippen LogP contribution in [0.15, 0.2) is 0 Å². The van der Waals surface area contributed by atoms with Gasteiger partial charge in [-0.2, -0.15) is 13.2 Å². The average molecular weight is 434 g/mol. The molecule has 160 valence electrons. The Morgan fingerprint density at radius 1 is 1.00 bits per heavy atom. The first-order valence-electron chi connectivity index (χ1n) is 9.69. The molecule has 0 saturated carbocycles. The van der Waals surface area contributed by atoms with E-state index in [4.69, 9.17) is 0 Å². The molecular formula is C18H32Cl2F3N3O. The van der Waals surface area contributed by atoms with Gasteiger partial charge in [0.05, 0.1) is 6.54 Å². The lowest BCUT2D eigenvalue weighted by molar-refractivity contribution is -0.148. The van der Waals surface area contributed by atoms with Gasteiger partial charge in [-0.25, -0.2) is 0 Å². The lowest BCUT2D eigenvalue weighted by atomic mass is 9.89. The number of alkyl halides is 3. The van der Waals surface area contributed by atoms with Crippen molar-refractivity contribution in [3.8, 4) is 0 Å². The van der Waals surface area contributed by atoms with Crippen molar-refractivity contribution in [2.45, 2.75) is 69.6 Å².